The summed E-state index contributed by atoms with van der Waals surface area (Å²) in [4.78, 5) is 15.0. The quantitative estimate of drug-likeness (QED) is 0.432. The molecule has 19 heavy (non-hydrogen) atoms. The van der Waals surface area contributed by atoms with Crippen LogP contribution in [0.5, 0.6) is 0 Å². The number of nitro benzene ring substituents is 1. The van der Waals surface area contributed by atoms with Crippen LogP contribution in [-0.4, -0.2) is 17.0 Å². The van der Waals surface area contributed by atoms with Crippen LogP contribution in [0.3, 0.4) is 0 Å². The molecule has 0 radical (unpaired) electrons. The molecule has 5 nitrogen and oxygen atoms in total. The van der Waals surface area contributed by atoms with Crippen molar-refractivity contribution in [2.75, 3.05) is 12.4 Å². The van der Waals surface area contributed by atoms with Gasteiger partial charge in [-0.25, -0.2) is 4.98 Å². The first-order valence-electron chi connectivity index (χ1n) is 5.85. The number of anilines is 1. The van der Waals surface area contributed by atoms with Crippen LogP contribution in [0.2, 0.25) is 0 Å². The third-order valence-corrected chi connectivity index (χ3v) is 3.12. The highest BCUT2D eigenvalue weighted by Crippen LogP contribution is 2.32. The highest BCUT2D eigenvalue weighted by Gasteiger charge is 2.12. The topological polar surface area (TPSA) is 68.1 Å². The molecule has 0 unspecified atom stereocenters. The molecule has 1 aromatic heterocycles. The van der Waals surface area contributed by atoms with Gasteiger partial charge in [0.1, 0.15) is 0 Å². The summed E-state index contributed by atoms with van der Waals surface area (Å²) >= 11 is 0. The first-order valence-corrected chi connectivity index (χ1v) is 5.85. The van der Waals surface area contributed by atoms with E-state index in [-0.39, 0.29) is 5.69 Å². The highest BCUT2D eigenvalue weighted by atomic mass is 16.6. The fourth-order valence-electron chi connectivity index (χ4n) is 2.26. The second-order valence-electron chi connectivity index (χ2n) is 4.21. The van der Waals surface area contributed by atoms with E-state index < -0.39 is 4.92 Å². The van der Waals surface area contributed by atoms with Crippen LogP contribution >= 0.6 is 0 Å². The molecule has 5 heteroatoms. The third-order valence-electron chi connectivity index (χ3n) is 3.12. The Bertz CT molecular complexity index is 799. The largest absolute Gasteiger partial charge is 0.387 e. The molecular weight excluding hydrogens is 242 g/mol. The summed E-state index contributed by atoms with van der Waals surface area (Å²) in [5.41, 5.74) is 2.55. The van der Waals surface area contributed by atoms with Crippen molar-refractivity contribution >= 4 is 33.2 Å². The summed E-state index contributed by atoms with van der Waals surface area (Å²) in [5, 5.41) is 15.7. The van der Waals surface area contributed by atoms with Crippen LogP contribution in [0.15, 0.2) is 42.5 Å². The zero-order valence-electron chi connectivity index (χ0n) is 10.3. The Morgan fingerprint density at radius 2 is 1.84 bits per heavy atom. The van der Waals surface area contributed by atoms with Crippen molar-refractivity contribution in [3.8, 4) is 0 Å². The van der Waals surface area contributed by atoms with Crippen molar-refractivity contribution in [3.05, 3.63) is 52.6 Å². The molecule has 0 amide bonds. The Morgan fingerprint density at radius 1 is 1.11 bits per heavy atom. The van der Waals surface area contributed by atoms with Gasteiger partial charge in [0.2, 0.25) is 0 Å². The molecule has 2 aromatic carbocycles. The minimum absolute atomic E-state index is 0.0704. The van der Waals surface area contributed by atoms with Crippen molar-refractivity contribution in [2.45, 2.75) is 0 Å². The van der Waals surface area contributed by atoms with Gasteiger partial charge in [-0.15, -0.1) is 0 Å². The predicted molar refractivity (Wildman–Crippen MR) is 75.5 cm³/mol. The molecule has 0 saturated carbocycles. The van der Waals surface area contributed by atoms with Crippen LogP contribution in [-0.2, 0) is 0 Å². The number of rotatable bonds is 2. The summed E-state index contributed by atoms with van der Waals surface area (Å²) in [6.07, 6.45) is 0. The summed E-state index contributed by atoms with van der Waals surface area (Å²) in [7, 11) is 1.81. The molecule has 0 spiro atoms. The van der Waals surface area contributed by atoms with E-state index in [9.17, 15) is 10.1 Å². The van der Waals surface area contributed by atoms with E-state index in [1.165, 1.54) is 6.07 Å². The monoisotopic (exact) mass is 253 g/mol. The van der Waals surface area contributed by atoms with Crippen molar-refractivity contribution in [2.24, 2.45) is 0 Å². The Balaban J connectivity index is 2.46. The molecule has 0 atom stereocenters. The predicted octanol–water partition coefficient (Wildman–Crippen LogP) is 3.34. The zero-order chi connectivity index (χ0) is 13.4. The van der Waals surface area contributed by atoms with E-state index in [4.69, 9.17) is 0 Å². The number of para-hydroxylation sites is 1. The normalized spacial score (nSPS) is 10.8. The standard InChI is InChI=1S/C14H11N3O2/c1-15-14-10-4-2-3-5-12(10)16-13-7-6-9(17(18)19)8-11(13)14/h2-8H,1H3,(H,15,16). The molecule has 0 fully saturated rings. The lowest BCUT2D eigenvalue weighted by molar-refractivity contribution is -0.384. The number of nitrogens with one attached hydrogen (secondary N) is 1. The van der Waals surface area contributed by atoms with E-state index in [1.807, 2.05) is 24.3 Å². The molecule has 94 valence electrons. The van der Waals surface area contributed by atoms with Gasteiger partial charge in [0.25, 0.3) is 5.69 Å². The molecular formula is C14H11N3O2. The Hall–Kier alpha value is -2.69. The molecule has 0 bridgehead atoms. The van der Waals surface area contributed by atoms with Crippen LogP contribution < -0.4 is 5.32 Å². The lowest BCUT2D eigenvalue weighted by Crippen LogP contribution is -1.95. The van der Waals surface area contributed by atoms with Crippen LogP contribution in [0.1, 0.15) is 0 Å². The maximum atomic E-state index is 10.9. The summed E-state index contributed by atoms with van der Waals surface area (Å²) in [5.74, 6) is 0. The van der Waals surface area contributed by atoms with E-state index in [2.05, 4.69) is 10.3 Å². The molecule has 3 aromatic rings. The second-order valence-corrected chi connectivity index (χ2v) is 4.21. The van der Waals surface area contributed by atoms with Gasteiger partial charge in [0.15, 0.2) is 0 Å². The molecule has 0 saturated heterocycles. The van der Waals surface area contributed by atoms with Gasteiger partial charge in [-0.3, -0.25) is 10.1 Å². The SMILES string of the molecule is CNc1c2ccccc2nc2ccc([N+](=O)[O-])cc12. The Kier molecular flexibility index (Phi) is 2.52. The van der Waals surface area contributed by atoms with Gasteiger partial charge in [-0.2, -0.15) is 0 Å². The van der Waals surface area contributed by atoms with Gasteiger partial charge >= 0.3 is 0 Å². The Morgan fingerprint density at radius 3 is 2.58 bits per heavy atom. The van der Waals surface area contributed by atoms with E-state index >= 15 is 0 Å². The summed E-state index contributed by atoms with van der Waals surface area (Å²) < 4.78 is 0. The number of fused-ring (bicyclic) bond motifs is 2. The molecule has 1 heterocycles. The lowest BCUT2D eigenvalue weighted by Gasteiger charge is -2.09. The van der Waals surface area contributed by atoms with Crippen LogP contribution in [0, 0.1) is 10.1 Å². The van der Waals surface area contributed by atoms with Crippen LogP contribution in [0.4, 0.5) is 11.4 Å². The summed E-state index contributed by atoms with van der Waals surface area (Å²) in [6, 6.07) is 12.4. The molecule has 3 rings (SSSR count). The maximum Gasteiger partial charge on any atom is 0.270 e. The molecule has 0 aliphatic heterocycles. The van der Waals surface area contributed by atoms with Crippen LogP contribution in [0.25, 0.3) is 21.8 Å². The average Bonchev–Trinajstić information content (AvgIpc) is 2.44. The highest BCUT2D eigenvalue weighted by molar-refractivity contribution is 6.07. The molecule has 0 aliphatic carbocycles. The number of hydrogen-bond donors (Lipinski definition) is 1. The van der Waals surface area contributed by atoms with E-state index in [1.54, 1.807) is 19.2 Å². The second kappa shape index (κ2) is 4.20. The van der Waals surface area contributed by atoms with Crippen molar-refractivity contribution in [1.82, 2.24) is 4.98 Å². The number of nitrogens with zero attached hydrogens (tertiary/aromatic N) is 2. The first-order chi connectivity index (χ1) is 9.20. The zero-order valence-corrected chi connectivity index (χ0v) is 10.3. The number of hydrogen-bond acceptors (Lipinski definition) is 4. The van der Waals surface area contributed by atoms with E-state index in [0.717, 1.165) is 27.5 Å². The maximum absolute atomic E-state index is 10.9. The van der Waals surface area contributed by atoms with Gasteiger partial charge in [0.05, 0.1) is 21.6 Å². The van der Waals surface area contributed by atoms with Gasteiger partial charge < -0.3 is 5.32 Å². The summed E-state index contributed by atoms with van der Waals surface area (Å²) in [6.45, 7) is 0. The van der Waals surface area contributed by atoms with Crippen molar-refractivity contribution < 1.29 is 4.92 Å². The number of non-ortho nitro benzene ring substituents is 1. The fourth-order valence-corrected chi connectivity index (χ4v) is 2.26. The minimum Gasteiger partial charge on any atom is -0.387 e. The average molecular weight is 253 g/mol. The van der Waals surface area contributed by atoms with Crippen molar-refractivity contribution in [1.29, 1.82) is 0 Å². The third kappa shape index (κ3) is 1.76. The minimum atomic E-state index is -0.395. The fraction of sp³-hybridized carbons (Fsp3) is 0.0714. The van der Waals surface area contributed by atoms with Gasteiger partial charge in [-0.05, 0) is 12.1 Å². The number of aromatic nitrogens is 1. The lowest BCUT2D eigenvalue weighted by atomic mass is 10.1. The van der Waals surface area contributed by atoms with Crippen molar-refractivity contribution in [3.63, 3.8) is 0 Å². The van der Waals surface area contributed by atoms with Gasteiger partial charge in [-0.1, -0.05) is 18.2 Å². The van der Waals surface area contributed by atoms with E-state index in [0.29, 0.717) is 0 Å². The number of benzene rings is 2. The Labute approximate surface area is 109 Å². The van der Waals surface area contributed by atoms with Gasteiger partial charge in [0, 0.05) is 30.0 Å². The molecule has 0 aliphatic rings. The first kappa shape index (κ1) is 11.4. The molecule has 1 N–H and O–H groups in total. The smallest absolute Gasteiger partial charge is 0.270 e. The number of pyridine rings is 1. The number of nitro groups is 1.